The fourth-order valence-corrected chi connectivity index (χ4v) is 1.24. The highest BCUT2D eigenvalue weighted by Gasteiger charge is 2.09. The number of rotatable bonds is 2. The first-order valence-corrected chi connectivity index (χ1v) is 4.81. The Bertz CT molecular complexity index is 417. The van der Waals surface area contributed by atoms with E-state index in [0.29, 0.717) is 17.2 Å². The number of hydrogen-bond acceptors (Lipinski definition) is 3. The molecule has 0 atom stereocenters. The van der Waals surface area contributed by atoms with Gasteiger partial charge in [0, 0.05) is 11.8 Å². The van der Waals surface area contributed by atoms with E-state index in [1.54, 1.807) is 18.2 Å². The number of nitrogens with one attached hydrogen (secondary N) is 1. The molecule has 0 aliphatic carbocycles. The molecule has 1 N–H and O–H groups in total. The van der Waals surface area contributed by atoms with Crippen LogP contribution in [-0.4, -0.2) is 11.8 Å². The zero-order chi connectivity index (χ0) is 10.7. The quantitative estimate of drug-likeness (QED) is 0.785. The molecule has 0 spiro atoms. The van der Waals surface area contributed by atoms with Gasteiger partial charge in [0.05, 0.1) is 0 Å². The third-order valence-corrected chi connectivity index (χ3v) is 2.04. The summed E-state index contributed by atoms with van der Waals surface area (Å²) in [6, 6.07) is 5.10. The molecule has 0 bridgehead atoms. The molecular weight excluding hydrogens is 218 g/mol. The SMILES string of the molecule is O=C(CCl)Nc1ccc2c(c1)OC=CO2. The lowest BCUT2D eigenvalue weighted by Gasteiger charge is -2.13. The van der Waals surface area contributed by atoms with Crippen LogP contribution in [0.2, 0.25) is 0 Å². The lowest BCUT2D eigenvalue weighted by atomic mass is 10.2. The van der Waals surface area contributed by atoms with Crippen molar-refractivity contribution in [3.8, 4) is 11.5 Å². The van der Waals surface area contributed by atoms with Gasteiger partial charge in [0.2, 0.25) is 5.91 Å². The fourth-order valence-electron chi connectivity index (χ4n) is 1.17. The Morgan fingerprint density at radius 2 is 2.00 bits per heavy atom. The summed E-state index contributed by atoms with van der Waals surface area (Å²) >= 11 is 5.37. The first-order chi connectivity index (χ1) is 7.29. The number of hydrogen-bond donors (Lipinski definition) is 1. The molecule has 1 heterocycles. The van der Waals surface area contributed by atoms with Gasteiger partial charge >= 0.3 is 0 Å². The van der Waals surface area contributed by atoms with E-state index in [1.807, 2.05) is 0 Å². The molecule has 4 nitrogen and oxygen atoms in total. The smallest absolute Gasteiger partial charge is 0.239 e. The molecule has 1 aliphatic rings. The number of carbonyl (C=O) groups excluding carboxylic acids is 1. The summed E-state index contributed by atoms with van der Waals surface area (Å²) in [5, 5.41) is 2.61. The van der Waals surface area contributed by atoms with E-state index in [1.165, 1.54) is 12.5 Å². The lowest BCUT2D eigenvalue weighted by molar-refractivity contribution is -0.113. The Labute approximate surface area is 91.4 Å². The highest BCUT2D eigenvalue weighted by Crippen LogP contribution is 2.32. The minimum atomic E-state index is -0.260. The third kappa shape index (κ3) is 2.22. The van der Waals surface area contributed by atoms with Crippen LogP contribution in [0.3, 0.4) is 0 Å². The second-order valence-electron chi connectivity index (χ2n) is 2.85. The summed E-state index contributed by atoms with van der Waals surface area (Å²) in [5.74, 6) is 0.837. The maximum absolute atomic E-state index is 11.0. The number of alkyl halides is 1. The summed E-state index contributed by atoms with van der Waals surface area (Å²) in [6.45, 7) is 0. The van der Waals surface area contributed by atoms with Crippen molar-refractivity contribution in [3.05, 3.63) is 30.7 Å². The van der Waals surface area contributed by atoms with E-state index in [0.717, 1.165) is 0 Å². The number of benzene rings is 1. The summed E-state index contributed by atoms with van der Waals surface area (Å²) in [5.41, 5.74) is 0.623. The Kier molecular flexibility index (Phi) is 2.78. The standard InChI is InChI=1S/C10H8ClNO3/c11-6-10(13)12-7-1-2-8-9(5-7)15-4-3-14-8/h1-5H,6H2,(H,12,13). The van der Waals surface area contributed by atoms with Gasteiger partial charge in [0.1, 0.15) is 18.4 Å². The molecule has 0 fully saturated rings. The van der Waals surface area contributed by atoms with Crippen LogP contribution in [0.4, 0.5) is 5.69 Å². The van der Waals surface area contributed by atoms with Crippen molar-refractivity contribution in [1.29, 1.82) is 0 Å². The molecule has 0 saturated carbocycles. The van der Waals surface area contributed by atoms with Crippen LogP contribution in [0.25, 0.3) is 0 Å². The Morgan fingerprint density at radius 1 is 1.27 bits per heavy atom. The van der Waals surface area contributed by atoms with Crippen molar-refractivity contribution >= 4 is 23.2 Å². The Morgan fingerprint density at radius 3 is 2.73 bits per heavy atom. The number of anilines is 1. The molecule has 2 rings (SSSR count). The van der Waals surface area contributed by atoms with Crippen LogP contribution in [0.5, 0.6) is 11.5 Å². The first-order valence-electron chi connectivity index (χ1n) is 4.28. The van der Waals surface area contributed by atoms with Crippen molar-refractivity contribution in [1.82, 2.24) is 0 Å². The minimum Gasteiger partial charge on any atom is -0.458 e. The number of carbonyl (C=O) groups is 1. The van der Waals surface area contributed by atoms with Gasteiger partial charge in [-0.15, -0.1) is 11.6 Å². The van der Waals surface area contributed by atoms with Gasteiger partial charge in [-0.25, -0.2) is 0 Å². The van der Waals surface area contributed by atoms with Crippen molar-refractivity contribution < 1.29 is 14.3 Å². The molecule has 0 saturated heterocycles. The normalized spacial score (nSPS) is 12.3. The zero-order valence-electron chi connectivity index (χ0n) is 7.70. The highest BCUT2D eigenvalue weighted by atomic mass is 35.5. The van der Waals surface area contributed by atoms with Gasteiger partial charge in [-0.3, -0.25) is 4.79 Å². The topological polar surface area (TPSA) is 47.6 Å². The Hall–Kier alpha value is -1.68. The van der Waals surface area contributed by atoms with Gasteiger partial charge in [0.25, 0.3) is 0 Å². The van der Waals surface area contributed by atoms with Crippen molar-refractivity contribution in [2.24, 2.45) is 0 Å². The van der Waals surface area contributed by atoms with E-state index in [4.69, 9.17) is 21.1 Å². The second-order valence-corrected chi connectivity index (χ2v) is 3.12. The van der Waals surface area contributed by atoms with Gasteiger partial charge in [-0.2, -0.15) is 0 Å². The number of fused-ring (bicyclic) bond motifs is 1. The zero-order valence-corrected chi connectivity index (χ0v) is 8.45. The largest absolute Gasteiger partial charge is 0.458 e. The van der Waals surface area contributed by atoms with E-state index in [2.05, 4.69) is 5.32 Å². The number of halogens is 1. The fraction of sp³-hybridized carbons (Fsp3) is 0.100. The predicted octanol–water partition coefficient (Wildman–Crippen LogP) is 2.11. The second kappa shape index (κ2) is 4.23. The van der Waals surface area contributed by atoms with Crippen LogP contribution >= 0.6 is 11.6 Å². The van der Waals surface area contributed by atoms with Crippen molar-refractivity contribution in [2.45, 2.75) is 0 Å². The third-order valence-electron chi connectivity index (χ3n) is 1.79. The van der Waals surface area contributed by atoms with Crippen LogP contribution in [0.1, 0.15) is 0 Å². The van der Waals surface area contributed by atoms with E-state index < -0.39 is 0 Å². The molecule has 1 aromatic carbocycles. The summed E-state index contributed by atoms with van der Waals surface area (Å²) in [4.78, 5) is 11.0. The lowest BCUT2D eigenvalue weighted by Crippen LogP contribution is -2.12. The van der Waals surface area contributed by atoms with Crippen LogP contribution in [0.15, 0.2) is 30.7 Å². The molecule has 78 valence electrons. The molecule has 1 aromatic rings. The average Bonchev–Trinajstić information content (AvgIpc) is 2.29. The minimum absolute atomic E-state index is 0.0751. The summed E-state index contributed by atoms with van der Waals surface area (Å²) < 4.78 is 10.4. The van der Waals surface area contributed by atoms with Gasteiger partial charge in [0.15, 0.2) is 11.5 Å². The van der Waals surface area contributed by atoms with E-state index in [-0.39, 0.29) is 11.8 Å². The molecule has 0 radical (unpaired) electrons. The van der Waals surface area contributed by atoms with Gasteiger partial charge in [-0.05, 0) is 12.1 Å². The van der Waals surface area contributed by atoms with Crippen molar-refractivity contribution in [2.75, 3.05) is 11.2 Å². The molecular formula is C10H8ClNO3. The maximum atomic E-state index is 11.0. The van der Waals surface area contributed by atoms with Crippen LogP contribution in [0, 0.1) is 0 Å². The molecule has 0 aromatic heterocycles. The van der Waals surface area contributed by atoms with E-state index in [9.17, 15) is 4.79 Å². The summed E-state index contributed by atoms with van der Waals surface area (Å²) in [7, 11) is 0. The molecule has 0 unspecified atom stereocenters. The molecule has 1 amide bonds. The highest BCUT2D eigenvalue weighted by molar-refractivity contribution is 6.29. The maximum Gasteiger partial charge on any atom is 0.239 e. The van der Waals surface area contributed by atoms with Gasteiger partial charge < -0.3 is 14.8 Å². The molecule has 1 aliphatic heterocycles. The predicted molar refractivity (Wildman–Crippen MR) is 56.2 cm³/mol. The van der Waals surface area contributed by atoms with Crippen molar-refractivity contribution in [3.63, 3.8) is 0 Å². The van der Waals surface area contributed by atoms with E-state index >= 15 is 0 Å². The number of ether oxygens (including phenoxy) is 2. The van der Waals surface area contributed by atoms with Crippen LogP contribution in [-0.2, 0) is 4.79 Å². The number of amides is 1. The average molecular weight is 226 g/mol. The Balaban J connectivity index is 2.19. The molecule has 5 heteroatoms. The van der Waals surface area contributed by atoms with Gasteiger partial charge in [-0.1, -0.05) is 0 Å². The monoisotopic (exact) mass is 225 g/mol. The summed E-state index contributed by atoms with van der Waals surface area (Å²) in [6.07, 6.45) is 2.87. The van der Waals surface area contributed by atoms with Crippen LogP contribution < -0.4 is 14.8 Å². The molecule has 15 heavy (non-hydrogen) atoms. The first kappa shape index (κ1) is 9.86.